The summed E-state index contributed by atoms with van der Waals surface area (Å²) in [6.07, 6.45) is -3.58. The molecular formula is C13H18F3N3O. The Bertz CT molecular complexity index is 465. The van der Waals surface area contributed by atoms with E-state index in [9.17, 15) is 13.2 Å². The number of morpholine rings is 1. The number of nitrogens with zero attached hydrogens (tertiary/aromatic N) is 2. The fourth-order valence-corrected chi connectivity index (χ4v) is 2.25. The highest BCUT2D eigenvalue weighted by atomic mass is 19.4. The van der Waals surface area contributed by atoms with E-state index in [-0.39, 0.29) is 11.9 Å². The summed E-state index contributed by atoms with van der Waals surface area (Å²) in [5.74, 6) is 0.565. The number of alkyl halides is 3. The highest BCUT2D eigenvalue weighted by Gasteiger charge is 2.33. The van der Waals surface area contributed by atoms with E-state index in [4.69, 9.17) is 4.74 Å². The molecule has 0 spiro atoms. The second kappa shape index (κ2) is 5.87. The third-order valence-electron chi connectivity index (χ3n) is 3.39. The number of nitrogens with one attached hydrogen (secondary N) is 1. The summed E-state index contributed by atoms with van der Waals surface area (Å²) < 4.78 is 44.2. The maximum absolute atomic E-state index is 12.9. The number of ether oxygens (including phenoxy) is 1. The van der Waals surface area contributed by atoms with Crippen LogP contribution in [0.25, 0.3) is 0 Å². The SMILES string of the molecule is CCC1COCCN1c1cc(C(F)(F)F)cc(NC)n1. The first-order valence-corrected chi connectivity index (χ1v) is 6.57. The summed E-state index contributed by atoms with van der Waals surface area (Å²) in [5, 5.41) is 2.68. The zero-order chi connectivity index (χ0) is 14.8. The molecule has 0 saturated carbocycles. The van der Waals surface area contributed by atoms with Crippen LogP contribution in [0.3, 0.4) is 0 Å². The highest BCUT2D eigenvalue weighted by Crippen LogP contribution is 2.33. The number of hydrogen-bond donors (Lipinski definition) is 1. The molecule has 0 aromatic carbocycles. The Kier molecular flexibility index (Phi) is 4.37. The quantitative estimate of drug-likeness (QED) is 0.928. The average molecular weight is 289 g/mol. The Balaban J connectivity index is 2.39. The lowest BCUT2D eigenvalue weighted by Crippen LogP contribution is -2.45. The molecule has 1 aliphatic heterocycles. The van der Waals surface area contributed by atoms with Crippen molar-refractivity contribution in [2.75, 3.05) is 37.0 Å². The smallest absolute Gasteiger partial charge is 0.377 e. The Morgan fingerprint density at radius 2 is 2.20 bits per heavy atom. The molecule has 20 heavy (non-hydrogen) atoms. The van der Waals surface area contributed by atoms with Gasteiger partial charge in [-0.05, 0) is 18.6 Å². The molecule has 2 heterocycles. The predicted octanol–water partition coefficient (Wildman–Crippen LogP) is 2.76. The van der Waals surface area contributed by atoms with Gasteiger partial charge >= 0.3 is 6.18 Å². The first kappa shape index (κ1) is 14.9. The van der Waals surface area contributed by atoms with Crippen LogP contribution in [0.2, 0.25) is 0 Å². The van der Waals surface area contributed by atoms with Crippen LogP contribution in [0.15, 0.2) is 12.1 Å². The van der Waals surface area contributed by atoms with Crippen LogP contribution < -0.4 is 10.2 Å². The van der Waals surface area contributed by atoms with Gasteiger partial charge in [-0.25, -0.2) is 4.98 Å². The first-order valence-electron chi connectivity index (χ1n) is 6.57. The molecule has 1 aliphatic rings. The van der Waals surface area contributed by atoms with Crippen LogP contribution in [0, 0.1) is 0 Å². The number of hydrogen-bond acceptors (Lipinski definition) is 4. The predicted molar refractivity (Wildman–Crippen MR) is 71.0 cm³/mol. The Hall–Kier alpha value is -1.50. The van der Waals surface area contributed by atoms with Crippen LogP contribution in [0.5, 0.6) is 0 Å². The van der Waals surface area contributed by atoms with Gasteiger partial charge in [-0.2, -0.15) is 13.2 Å². The van der Waals surface area contributed by atoms with Gasteiger partial charge in [-0.1, -0.05) is 6.92 Å². The first-order chi connectivity index (χ1) is 9.45. The molecule has 1 aromatic heterocycles. The number of aromatic nitrogens is 1. The summed E-state index contributed by atoms with van der Waals surface area (Å²) in [6, 6.07) is 2.18. The van der Waals surface area contributed by atoms with Crippen molar-refractivity contribution in [3.63, 3.8) is 0 Å². The average Bonchev–Trinajstić information content (AvgIpc) is 2.45. The summed E-state index contributed by atoms with van der Waals surface area (Å²) in [5.41, 5.74) is -0.687. The van der Waals surface area contributed by atoms with Gasteiger partial charge in [0.25, 0.3) is 0 Å². The highest BCUT2D eigenvalue weighted by molar-refractivity contribution is 5.52. The van der Waals surface area contributed by atoms with Gasteiger partial charge in [-0.15, -0.1) is 0 Å². The van der Waals surface area contributed by atoms with Crippen LogP contribution in [-0.4, -0.2) is 37.8 Å². The number of rotatable bonds is 3. The molecule has 1 aromatic rings. The second-order valence-corrected chi connectivity index (χ2v) is 4.68. The van der Waals surface area contributed by atoms with Gasteiger partial charge in [0, 0.05) is 13.6 Å². The third-order valence-corrected chi connectivity index (χ3v) is 3.39. The molecule has 7 heteroatoms. The van der Waals surface area contributed by atoms with Crippen molar-refractivity contribution >= 4 is 11.6 Å². The van der Waals surface area contributed by atoms with Gasteiger partial charge in [0.1, 0.15) is 11.6 Å². The van der Waals surface area contributed by atoms with E-state index in [1.165, 1.54) is 0 Å². The van der Waals surface area contributed by atoms with Crippen molar-refractivity contribution in [3.8, 4) is 0 Å². The molecule has 0 radical (unpaired) electrons. The van der Waals surface area contributed by atoms with E-state index in [2.05, 4.69) is 10.3 Å². The van der Waals surface area contributed by atoms with Crippen molar-refractivity contribution < 1.29 is 17.9 Å². The van der Waals surface area contributed by atoms with Gasteiger partial charge in [0.15, 0.2) is 0 Å². The van der Waals surface area contributed by atoms with E-state index in [0.717, 1.165) is 18.6 Å². The van der Waals surface area contributed by atoms with E-state index in [1.807, 2.05) is 11.8 Å². The molecular weight excluding hydrogens is 271 g/mol. The van der Waals surface area contributed by atoms with Crippen LogP contribution in [0.1, 0.15) is 18.9 Å². The standard InChI is InChI=1S/C13H18F3N3O/c1-3-10-8-20-5-4-19(10)12-7-9(13(14,15)16)6-11(17-2)18-12/h6-7,10H,3-5,8H2,1-2H3,(H,17,18). The van der Waals surface area contributed by atoms with E-state index < -0.39 is 11.7 Å². The molecule has 0 aliphatic carbocycles. The Labute approximate surface area is 115 Å². The van der Waals surface area contributed by atoms with E-state index in [1.54, 1.807) is 7.05 Å². The molecule has 4 nitrogen and oxygen atoms in total. The monoisotopic (exact) mass is 289 g/mol. The fourth-order valence-electron chi connectivity index (χ4n) is 2.25. The van der Waals surface area contributed by atoms with Gasteiger partial charge < -0.3 is 15.0 Å². The molecule has 2 rings (SSSR count). The minimum Gasteiger partial charge on any atom is -0.377 e. The minimum absolute atomic E-state index is 0.0597. The summed E-state index contributed by atoms with van der Waals surface area (Å²) in [4.78, 5) is 6.14. The lowest BCUT2D eigenvalue weighted by molar-refractivity contribution is -0.137. The normalized spacial score (nSPS) is 20.1. The summed E-state index contributed by atoms with van der Waals surface area (Å²) >= 11 is 0. The van der Waals surface area contributed by atoms with Crippen molar-refractivity contribution in [3.05, 3.63) is 17.7 Å². The van der Waals surface area contributed by atoms with Gasteiger partial charge in [-0.3, -0.25) is 0 Å². The van der Waals surface area contributed by atoms with Crippen molar-refractivity contribution in [2.45, 2.75) is 25.6 Å². The topological polar surface area (TPSA) is 37.4 Å². The molecule has 1 N–H and O–H groups in total. The molecule has 1 saturated heterocycles. The van der Waals surface area contributed by atoms with Crippen molar-refractivity contribution in [2.24, 2.45) is 0 Å². The Morgan fingerprint density at radius 1 is 1.45 bits per heavy atom. The fraction of sp³-hybridized carbons (Fsp3) is 0.615. The van der Waals surface area contributed by atoms with Crippen LogP contribution in [-0.2, 0) is 10.9 Å². The lowest BCUT2D eigenvalue weighted by atomic mass is 10.1. The zero-order valence-corrected chi connectivity index (χ0v) is 11.5. The van der Waals surface area contributed by atoms with Gasteiger partial charge in [0.2, 0.25) is 0 Å². The number of pyridine rings is 1. The van der Waals surface area contributed by atoms with Crippen LogP contribution in [0.4, 0.5) is 24.8 Å². The van der Waals surface area contributed by atoms with E-state index in [0.29, 0.717) is 25.6 Å². The maximum atomic E-state index is 12.9. The van der Waals surface area contributed by atoms with E-state index >= 15 is 0 Å². The summed E-state index contributed by atoms with van der Waals surface area (Å²) in [6.45, 7) is 3.56. The maximum Gasteiger partial charge on any atom is 0.416 e. The molecule has 1 unspecified atom stereocenters. The lowest BCUT2D eigenvalue weighted by Gasteiger charge is -2.36. The molecule has 1 fully saturated rings. The van der Waals surface area contributed by atoms with Gasteiger partial charge in [0.05, 0.1) is 24.8 Å². The minimum atomic E-state index is -4.38. The summed E-state index contributed by atoms with van der Waals surface area (Å²) in [7, 11) is 1.56. The van der Waals surface area contributed by atoms with Crippen molar-refractivity contribution in [1.29, 1.82) is 0 Å². The third kappa shape index (κ3) is 3.15. The molecule has 112 valence electrons. The Morgan fingerprint density at radius 3 is 2.80 bits per heavy atom. The molecule has 0 bridgehead atoms. The second-order valence-electron chi connectivity index (χ2n) is 4.68. The van der Waals surface area contributed by atoms with Crippen molar-refractivity contribution in [1.82, 2.24) is 4.98 Å². The number of halogens is 3. The number of anilines is 2. The molecule has 1 atom stereocenters. The molecule has 0 amide bonds. The zero-order valence-electron chi connectivity index (χ0n) is 11.5. The largest absolute Gasteiger partial charge is 0.416 e. The van der Waals surface area contributed by atoms with Crippen LogP contribution >= 0.6 is 0 Å².